The average Bonchev–Trinajstić information content (AvgIpc) is 3.51. The second kappa shape index (κ2) is 6.23. The zero-order valence-electron chi connectivity index (χ0n) is 15.6. The number of rotatable bonds is 3. The van der Waals surface area contributed by atoms with Gasteiger partial charge in [0.15, 0.2) is 11.5 Å². The van der Waals surface area contributed by atoms with Gasteiger partial charge < -0.3 is 19.0 Å². The molecule has 2 aliphatic rings. The molecule has 2 aromatic heterocycles. The summed E-state index contributed by atoms with van der Waals surface area (Å²) in [5.74, 6) is 2.23. The molecule has 0 unspecified atom stereocenters. The van der Waals surface area contributed by atoms with Gasteiger partial charge in [-0.15, -0.1) is 0 Å². The van der Waals surface area contributed by atoms with Crippen LogP contribution in [0.1, 0.15) is 31.7 Å². The molecular weight excluding hydrogens is 372 g/mol. The molecule has 146 valence electrons. The molecule has 2 aromatic carbocycles. The van der Waals surface area contributed by atoms with E-state index in [9.17, 15) is 4.79 Å². The van der Waals surface area contributed by atoms with Gasteiger partial charge in [-0.05, 0) is 49.2 Å². The van der Waals surface area contributed by atoms with Crippen molar-refractivity contribution < 1.29 is 14.0 Å². The maximum atomic E-state index is 12.5. The smallest absolute Gasteiger partial charge is 0.326 e. The largest absolute Gasteiger partial charge is 0.454 e. The Hall–Kier alpha value is -3.55. The van der Waals surface area contributed by atoms with Crippen molar-refractivity contribution in [3.05, 3.63) is 46.9 Å². The summed E-state index contributed by atoms with van der Waals surface area (Å²) in [6.45, 7) is 0.215. The van der Waals surface area contributed by atoms with Gasteiger partial charge in [-0.25, -0.2) is 4.79 Å². The van der Waals surface area contributed by atoms with E-state index in [4.69, 9.17) is 14.0 Å². The summed E-state index contributed by atoms with van der Waals surface area (Å²) in [6, 6.07) is 11.6. The maximum absolute atomic E-state index is 12.5. The van der Waals surface area contributed by atoms with Crippen LogP contribution in [-0.2, 0) is 0 Å². The highest BCUT2D eigenvalue weighted by atomic mass is 16.7. The monoisotopic (exact) mass is 390 g/mol. The highest BCUT2D eigenvalue weighted by Gasteiger charge is 2.22. The first-order valence-electron chi connectivity index (χ1n) is 9.75. The van der Waals surface area contributed by atoms with E-state index in [2.05, 4.69) is 15.1 Å². The Morgan fingerprint density at radius 1 is 1.00 bits per heavy atom. The van der Waals surface area contributed by atoms with Crippen molar-refractivity contribution in [1.29, 1.82) is 0 Å². The molecule has 1 saturated carbocycles. The van der Waals surface area contributed by atoms with Crippen LogP contribution in [0.25, 0.3) is 33.9 Å². The van der Waals surface area contributed by atoms with Crippen LogP contribution in [0.3, 0.4) is 0 Å². The second-order valence-corrected chi connectivity index (χ2v) is 7.46. The van der Waals surface area contributed by atoms with E-state index in [0.717, 1.165) is 35.0 Å². The molecule has 1 aliphatic carbocycles. The lowest BCUT2D eigenvalue weighted by Gasteiger charge is -2.11. The zero-order valence-corrected chi connectivity index (χ0v) is 15.6. The standard InChI is InChI=1S/C21H18N4O4/c26-21-22-15-9-12(5-7-16(15)25(21)14-3-1-2-4-14)19-23-20(29-24-19)13-6-8-17-18(10-13)28-11-27-17/h5-10,14H,1-4,11H2,(H,22,26). The van der Waals surface area contributed by atoms with Crippen LogP contribution in [0.2, 0.25) is 0 Å². The number of fused-ring (bicyclic) bond motifs is 2. The summed E-state index contributed by atoms with van der Waals surface area (Å²) in [4.78, 5) is 20.0. The molecule has 8 nitrogen and oxygen atoms in total. The lowest BCUT2D eigenvalue weighted by atomic mass is 10.1. The lowest BCUT2D eigenvalue weighted by molar-refractivity contribution is 0.174. The predicted molar refractivity (Wildman–Crippen MR) is 105 cm³/mol. The van der Waals surface area contributed by atoms with Gasteiger partial charge in [0.05, 0.1) is 11.0 Å². The van der Waals surface area contributed by atoms with Gasteiger partial charge in [0.25, 0.3) is 5.89 Å². The Morgan fingerprint density at radius 2 is 1.83 bits per heavy atom. The molecule has 0 spiro atoms. The number of hydrogen-bond donors (Lipinski definition) is 1. The van der Waals surface area contributed by atoms with Gasteiger partial charge in [-0.1, -0.05) is 18.0 Å². The number of aromatic nitrogens is 4. The molecule has 0 bridgehead atoms. The van der Waals surface area contributed by atoms with Crippen LogP contribution >= 0.6 is 0 Å². The van der Waals surface area contributed by atoms with Crippen molar-refractivity contribution in [3.63, 3.8) is 0 Å². The van der Waals surface area contributed by atoms with E-state index in [1.54, 1.807) is 0 Å². The summed E-state index contributed by atoms with van der Waals surface area (Å²) in [7, 11) is 0. The molecule has 1 fully saturated rings. The first-order chi connectivity index (χ1) is 14.3. The van der Waals surface area contributed by atoms with E-state index in [-0.39, 0.29) is 18.5 Å². The number of H-pyrrole nitrogens is 1. The number of ether oxygens (including phenoxy) is 2. The van der Waals surface area contributed by atoms with Crippen molar-refractivity contribution >= 4 is 11.0 Å². The van der Waals surface area contributed by atoms with Crippen molar-refractivity contribution in [1.82, 2.24) is 19.7 Å². The summed E-state index contributed by atoms with van der Waals surface area (Å²) < 4.78 is 18.1. The van der Waals surface area contributed by atoms with Crippen molar-refractivity contribution in [3.8, 4) is 34.3 Å². The van der Waals surface area contributed by atoms with Crippen LogP contribution in [0.4, 0.5) is 0 Å². The number of aromatic amines is 1. The minimum Gasteiger partial charge on any atom is -0.454 e. The molecule has 0 atom stereocenters. The molecule has 8 heteroatoms. The van der Waals surface area contributed by atoms with Gasteiger partial charge in [-0.2, -0.15) is 4.98 Å². The highest BCUT2D eigenvalue weighted by Crippen LogP contribution is 2.36. The Labute approximate surface area is 165 Å². The fourth-order valence-corrected chi connectivity index (χ4v) is 4.28. The summed E-state index contributed by atoms with van der Waals surface area (Å²) in [6.07, 6.45) is 4.46. The molecule has 0 amide bonds. The third-order valence-corrected chi connectivity index (χ3v) is 5.71. The number of imidazole rings is 1. The van der Waals surface area contributed by atoms with Gasteiger partial charge in [0.1, 0.15) is 0 Å². The fraction of sp³-hybridized carbons (Fsp3) is 0.286. The first-order valence-corrected chi connectivity index (χ1v) is 9.75. The second-order valence-electron chi connectivity index (χ2n) is 7.46. The number of hydrogen-bond acceptors (Lipinski definition) is 6. The SMILES string of the molecule is O=c1[nH]c2cc(-c3noc(-c4ccc5c(c4)OCO5)n3)ccc2n1C1CCCC1. The minimum absolute atomic E-state index is 0.0572. The average molecular weight is 390 g/mol. The number of nitrogens with zero attached hydrogens (tertiary/aromatic N) is 3. The Morgan fingerprint density at radius 3 is 2.72 bits per heavy atom. The highest BCUT2D eigenvalue weighted by molar-refractivity contribution is 5.81. The van der Waals surface area contributed by atoms with Gasteiger partial charge in [0, 0.05) is 17.2 Å². The Balaban J connectivity index is 1.36. The zero-order chi connectivity index (χ0) is 19.4. The van der Waals surface area contributed by atoms with Gasteiger partial charge in [0.2, 0.25) is 12.6 Å². The van der Waals surface area contributed by atoms with Crippen LogP contribution in [0.15, 0.2) is 45.7 Å². The molecule has 0 saturated heterocycles. The fourth-order valence-electron chi connectivity index (χ4n) is 4.28. The van der Waals surface area contributed by atoms with E-state index in [1.165, 1.54) is 12.8 Å². The van der Waals surface area contributed by atoms with Crippen LogP contribution in [-0.4, -0.2) is 26.5 Å². The Kier molecular flexibility index (Phi) is 3.53. The molecule has 1 aliphatic heterocycles. The van der Waals surface area contributed by atoms with E-state index in [0.29, 0.717) is 23.2 Å². The first kappa shape index (κ1) is 16.4. The quantitative estimate of drug-likeness (QED) is 0.570. The normalized spacial score (nSPS) is 16.1. The van der Waals surface area contributed by atoms with Crippen molar-refractivity contribution in [2.75, 3.05) is 6.79 Å². The van der Waals surface area contributed by atoms with Crippen molar-refractivity contribution in [2.24, 2.45) is 0 Å². The predicted octanol–water partition coefficient (Wildman–Crippen LogP) is 3.89. The molecule has 3 heterocycles. The van der Waals surface area contributed by atoms with Crippen LogP contribution < -0.4 is 15.2 Å². The van der Waals surface area contributed by atoms with Crippen LogP contribution in [0.5, 0.6) is 11.5 Å². The summed E-state index contributed by atoms with van der Waals surface area (Å²) >= 11 is 0. The minimum atomic E-state index is -0.0572. The third kappa shape index (κ3) is 2.63. The number of benzene rings is 2. The molecule has 29 heavy (non-hydrogen) atoms. The number of nitrogens with one attached hydrogen (secondary N) is 1. The van der Waals surface area contributed by atoms with E-state index >= 15 is 0 Å². The van der Waals surface area contributed by atoms with Crippen molar-refractivity contribution in [2.45, 2.75) is 31.7 Å². The molecule has 1 N–H and O–H groups in total. The topological polar surface area (TPSA) is 95.2 Å². The Bertz CT molecular complexity index is 1280. The summed E-state index contributed by atoms with van der Waals surface area (Å²) in [5.41, 5.74) is 3.19. The van der Waals surface area contributed by atoms with E-state index < -0.39 is 0 Å². The summed E-state index contributed by atoms with van der Waals surface area (Å²) in [5, 5.41) is 4.11. The molecule has 4 aromatic rings. The van der Waals surface area contributed by atoms with Crippen LogP contribution in [0, 0.1) is 0 Å². The van der Waals surface area contributed by atoms with Gasteiger partial charge in [-0.3, -0.25) is 4.57 Å². The third-order valence-electron chi connectivity index (χ3n) is 5.71. The lowest BCUT2D eigenvalue weighted by Crippen LogP contribution is -2.20. The van der Waals surface area contributed by atoms with E-state index in [1.807, 2.05) is 41.0 Å². The molecular formula is C21H18N4O4. The maximum Gasteiger partial charge on any atom is 0.326 e. The van der Waals surface area contributed by atoms with Gasteiger partial charge >= 0.3 is 5.69 Å². The molecule has 6 rings (SSSR count). The molecule has 0 radical (unpaired) electrons.